The van der Waals surface area contributed by atoms with Crippen LogP contribution in [0.1, 0.15) is 12.0 Å². The molecule has 1 saturated heterocycles. The number of ether oxygens (including phenoxy) is 1. The largest absolute Gasteiger partial charge is 0.363 e. The molecule has 4 heteroatoms. The van der Waals surface area contributed by atoms with Gasteiger partial charge in [-0.1, -0.05) is 12.1 Å². The maximum Gasteiger partial charge on any atom is 0.123 e. The molecular weight excluding hydrogens is 217 g/mol. The number of nitrogens with one attached hydrogen (secondary N) is 1. The van der Waals surface area contributed by atoms with Crippen LogP contribution in [0.2, 0.25) is 0 Å². The van der Waals surface area contributed by atoms with Crippen LogP contribution in [0.3, 0.4) is 0 Å². The van der Waals surface area contributed by atoms with Crippen molar-refractivity contribution in [3.05, 3.63) is 35.6 Å². The summed E-state index contributed by atoms with van der Waals surface area (Å²) in [4.78, 5) is 0. The minimum Gasteiger partial charge on any atom is -0.363 e. The Morgan fingerprint density at radius 1 is 1.47 bits per heavy atom. The highest BCUT2D eigenvalue weighted by Gasteiger charge is 2.13. The molecule has 0 spiro atoms. The van der Waals surface area contributed by atoms with Crippen molar-refractivity contribution in [2.45, 2.75) is 19.1 Å². The van der Waals surface area contributed by atoms with Gasteiger partial charge in [0.25, 0.3) is 0 Å². The van der Waals surface area contributed by atoms with E-state index in [1.807, 2.05) is 6.07 Å². The first-order valence-corrected chi connectivity index (χ1v) is 4.94. The van der Waals surface area contributed by atoms with Gasteiger partial charge in [-0.15, -0.1) is 12.4 Å². The fraction of sp³-hybridized carbons (Fsp3) is 0.455. The average Bonchev–Trinajstić information content (AvgIpc) is 2.19. The Morgan fingerprint density at radius 3 is 3.00 bits per heavy atom. The van der Waals surface area contributed by atoms with Crippen molar-refractivity contribution >= 4 is 12.4 Å². The first-order valence-electron chi connectivity index (χ1n) is 4.94. The van der Waals surface area contributed by atoms with Gasteiger partial charge in [-0.05, 0) is 30.7 Å². The first-order chi connectivity index (χ1) is 6.84. The fourth-order valence-electron chi connectivity index (χ4n) is 1.63. The van der Waals surface area contributed by atoms with E-state index in [0.29, 0.717) is 0 Å². The van der Waals surface area contributed by atoms with Crippen LogP contribution in [0.4, 0.5) is 4.39 Å². The molecule has 2 nitrogen and oxygen atoms in total. The standard InChI is InChI=1S/C11H14FNO.ClH/c12-10-4-1-3-9(7-10)8-11-13-5-2-6-14-11;/h1,3-4,7,11,13H,2,5-6,8H2;1H. The van der Waals surface area contributed by atoms with Crippen LogP contribution in [-0.4, -0.2) is 19.4 Å². The van der Waals surface area contributed by atoms with E-state index in [2.05, 4.69) is 5.32 Å². The van der Waals surface area contributed by atoms with Gasteiger partial charge >= 0.3 is 0 Å². The van der Waals surface area contributed by atoms with Crippen LogP contribution in [0.25, 0.3) is 0 Å². The zero-order chi connectivity index (χ0) is 9.80. The highest BCUT2D eigenvalue weighted by Crippen LogP contribution is 2.09. The second kappa shape index (κ2) is 6.05. The van der Waals surface area contributed by atoms with Gasteiger partial charge in [-0.25, -0.2) is 4.39 Å². The Kier molecular flexibility index (Phi) is 5.02. The molecular formula is C11H15ClFNO. The van der Waals surface area contributed by atoms with Gasteiger partial charge in [0, 0.05) is 13.0 Å². The summed E-state index contributed by atoms with van der Waals surface area (Å²) in [5.41, 5.74) is 0.976. The molecule has 0 aliphatic carbocycles. The summed E-state index contributed by atoms with van der Waals surface area (Å²) < 4.78 is 18.3. The van der Waals surface area contributed by atoms with Gasteiger partial charge in [0.15, 0.2) is 0 Å². The Hall–Kier alpha value is -0.640. The third-order valence-electron chi connectivity index (χ3n) is 2.32. The van der Waals surface area contributed by atoms with Crippen molar-refractivity contribution in [1.82, 2.24) is 5.32 Å². The van der Waals surface area contributed by atoms with Crippen molar-refractivity contribution < 1.29 is 9.13 Å². The molecule has 1 atom stereocenters. The fourth-order valence-corrected chi connectivity index (χ4v) is 1.63. The number of halogens is 2. The predicted molar refractivity (Wildman–Crippen MR) is 59.7 cm³/mol. The topological polar surface area (TPSA) is 21.3 Å². The van der Waals surface area contributed by atoms with Crippen LogP contribution in [-0.2, 0) is 11.2 Å². The third-order valence-corrected chi connectivity index (χ3v) is 2.32. The molecule has 0 bridgehead atoms. The molecule has 1 aromatic rings. The minimum atomic E-state index is -0.182. The molecule has 0 saturated carbocycles. The monoisotopic (exact) mass is 231 g/mol. The van der Waals surface area contributed by atoms with E-state index >= 15 is 0 Å². The molecule has 84 valence electrons. The Bertz CT molecular complexity index is 302. The van der Waals surface area contributed by atoms with E-state index in [1.165, 1.54) is 6.07 Å². The smallest absolute Gasteiger partial charge is 0.123 e. The second-order valence-electron chi connectivity index (χ2n) is 3.50. The zero-order valence-corrected chi connectivity index (χ0v) is 9.23. The van der Waals surface area contributed by atoms with Gasteiger partial charge in [-0.2, -0.15) is 0 Å². The second-order valence-corrected chi connectivity index (χ2v) is 3.50. The molecule has 0 amide bonds. The van der Waals surface area contributed by atoms with E-state index < -0.39 is 0 Å². The molecule has 1 aliphatic heterocycles. The van der Waals surface area contributed by atoms with Gasteiger partial charge in [0.2, 0.25) is 0 Å². The first kappa shape index (κ1) is 12.4. The van der Waals surface area contributed by atoms with E-state index in [-0.39, 0.29) is 24.5 Å². The summed E-state index contributed by atoms with van der Waals surface area (Å²) in [7, 11) is 0. The van der Waals surface area contributed by atoms with E-state index in [1.54, 1.807) is 12.1 Å². The lowest BCUT2D eigenvalue weighted by Gasteiger charge is -2.24. The molecule has 1 N–H and O–H groups in total. The average molecular weight is 232 g/mol. The number of hydrogen-bond donors (Lipinski definition) is 1. The molecule has 1 fully saturated rings. The lowest BCUT2D eigenvalue weighted by atomic mass is 10.1. The molecule has 1 aliphatic rings. The Labute approximate surface area is 95.2 Å². The van der Waals surface area contributed by atoms with Crippen LogP contribution in [0.15, 0.2) is 24.3 Å². The van der Waals surface area contributed by atoms with Crippen LogP contribution in [0.5, 0.6) is 0 Å². The summed E-state index contributed by atoms with van der Waals surface area (Å²) in [5.74, 6) is -0.182. The molecule has 15 heavy (non-hydrogen) atoms. The maximum atomic E-state index is 12.9. The van der Waals surface area contributed by atoms with Crippen molar-refractivity contribution in [3.63, 3.8) is 0 Å². The van der Waals surface area contributed by atoms with E-state index in [9.17, 15) is 4.39 Å². The molecule has 1 aromatic carbocycles. The summed E-state index contributed by atoms with van der Waals surface area (Å²) >= 11 is 0. The van der Waals surface area contributed by atoms with Gasteiger partial charge in [0.05, 0.1) is 0 Å². The van der Waals surface area contributed by atoms with Crippen LogP contribution in [0, 0.1) is 5.82 Å². The summed E-state index contributed by atoms with van der Waals surface area (Å²) in [6, 6.07) is 6.66. The van der Waals surface area contributed by atoms with Gasteiger partial charge in [-0.3, -0.25) is 5.32 Å². The maximum absolute atomic E-state index is 12.9. The van der Waals surface area contributed by atoms with Crippen molar-refractivity contribution in [1.29, 1.82) is 0 Å². The van der Waals surface area contributed by atoms with Crippen LogP contribution < -0.4 is 5.32 Å². The molecule has 1 unspecified atom stereocenters. The van der Waals surface area contributed by atoms with Crippen molar-refractivity contribution in [2.24, 2.45) is 0 Å². The molecule has 2 rings (SSSR count). The predicted octanol–water partition coefficient (Wildman–Crippen LogP) is 2.13. The lowest BCUT2D eigenvalue weighted by Crippen LogP contribution is -2.39. The Morgan fingerprint density at radius 2 is 2.33 bits per heavy atom. The Balaban J connectivity index is 0.00000112. The number of rotatable bonds is 2. The van der Waals surface area contributed by atoms with Crippen LogP contribution >= 0.6 is 12.4 Å². The van der Waals surface area contributed by atoms with E-state index in [0.717, 1.165) is 31.6 Å². The van der Waals surface area contributed by atoms with Crippen molar-refractivity contribution in [3.8, 4) is 0 Å². The third kappa shape index (κ3) is 3.78. The van der Waals surface area contributed by atoms with Crippen molar-refractivity contribution in [2.75, 3.05) is 13.2 Å². The highest BCUT2D eigenvalue weighted by molar-refractivity contribution is 5.85. The molecule has 1 heterocycles. The highest BCUT2D eigenvalue weighted by atomic mass is 35.5. The normalized spacial score (nSPS) is 20.7. The van der Waals surface area contributed by atoms with E-state index in [4.69, 9.17) is 4.74 Å². The van der Waals surface area contributed by atoms with Gasteiger partial charge in [0.1, 0.15) is 12.0 Å². The SMILES string of the molecule is Cl.Fc1cccc(CC2NCCCO2)c1. The lowest BCUT2D eigenvalue weighted by molar-refractivity contribution is 0.00192. The molecule has 0 radical (unpaired) electrons. The number of benzene rings is 1. The molecule has 0 aromatic heterocycles. The number of hydrogen-bond acceptors (Lipinski definition) is 2. The summed E-state index contributed by atoms with van der Waals surface area (Å²) in [5, 5.41) is 3.24. The zero-order valence-electron chi connectivity index (χ0n) is 8.41. The van der Waals surface area contributed by atoms with Gasteiger partial charge < -0.3 is 4.74 Å². The summed E-state index contributed by atoms with van der Waals surface area (Å²) in [6.45, 7) is 1.78. The minimum absolute atomic E-state index is 0. The quantitative estimate of drug-likeness (QED) is 0.842. The summed E-state index contributed by atoms with van der Waals surface area (Å²) in [6.07, 6.45) is 1.84.